The van der Waals surface area contributed by atoms with Crippen LogP contribution in [0.4, 0.5) is 0 Å². The molecule has 0 aromatic heterocycles. The number of hydrogen-bond acceptors (Lipinski definition) is 5. The van der Waals surface area contributed by atoms with Crippen molar-refractivity contribution in [1.29, 1.82) is 0 Å². The van der Waals surface area contributed by atoms with E-state index in [1.54, 1.807) is 28.3 Å². The summed E-state index contributed by atoms with van der Waals surface area (Å²) in [4.78, 5) is 12.1. The van der Waals surface area contributed by atoms with Crippen molar-refractivity contribution in [3.63, 3.8) is 0 Å². The molecule has 6 heteroatoms. The van der Waals surface area contributed by atoms with Crippen LogP contribution in [0, 0.1) is 5.92 Å². The van der Waals surface area contributed by atoms with Crippen molar-refractivity contribution in [2.45, 2.75) is 70.1 Å². The smallest absolute Gasteiger partial charge is 0.333 e. The van der Waals surface area contributed by atoms with E-state index in [1.165, 1.54) is 0 Å². The summed E-state index contributed by atoms with van der Waals surface area (Å²) < 4.78 is 23.9. The maximum atomic E-state index is 12.1. The number of hydrogen-bond donors (Lipinski definition) is 0. The number of methoxy groups -OCH3 is 2. The monoisotopic (exact) mass is 358 g/mol. The van der Waals surface area contributed by atoms with Crippen LogP contribution >= 0.6 is 0 Å². The molecule has 1 heterocycles. The van der Waals surface area contributed by atoms with E-state index in [1.807, 2.05) is 6.92 Å². The molecule has 0 aromatic rings. The minimum Gasteiger partial charge on any atom is -0.459 e. The molecule has 1 rings (SSSR count). The molecule has 0 spiro atoms. The highest BCUT2D eigenvalue weighted by Gasteiger charge is 2.63. The Morgan fingerprint density at radius 3 is 2.33 bits per heavy atom. The van der Waals surface area contributed by atoms with E-state index in [4.69, 9.17) is 18.6 Å². The van der Waals surface area contributed by atoms with Crippen LogP contribution in [0.3, 0.4) is 0 Å². The Bertz CT molecular complexity index is 431. The van der Waals surface area contributed by atoms with Crippen LogP contribution in [0.5, 0.6) is 0 Å². The summed E-state index contributed by atoms with van der Waals surface area (Å²) in [6.45, 7) is 9.54. The van der Waals surface area contributed by atoms with Crippen LogP contribution in [0.2, 0.25) is 12.1 Å². The molecule has 140 valence electrons. The molecule has 1 aliphatic rings. The first-order valence-corrected chi connectivity index (χ1v) is 11.2. The highest BCUT2D eigenvalue weighted by atomic mass is 28.4. The van der Waals surface area contributed by atoms with Crippen LogP contribution in [0.1, 0.15) is 46.5 Å². The van der Waals surface area contributed by atoms with Crippen molar-refractivity contribution >= 4 is 14.3 Å². The zero-order valence-electron chi connectivity index (χ0n) is 16.1. The minimum atomic E-state index is -2.31. The molecule has 0 aromatic carbocycles. The topological polar surface area (TPSA) is 54.0 Å². The lowest BCUT2D eigenvalue weighted by Gasteiger charge is -2.54. The van der Waals surface area contributed by atoms with Gasteiger partial charge in [0, 0.05) is 32.8 Å². The van der Waals surface area contributed by atoms with Gasteiger partial charge in [-0.15, -0.1) is 0 Å². The normalized spacial score (nSPS) is 27.5. The average molecular weight is 359 g/mol. The van der Waals surface area contributed by atoms with E-state index in [2.05, 4.69) is 13.5 Å². The highest BCUT2D eigenvalue weighted by Crippen LogP contribution is 2.48. The second-order valence-electron chi connectivity index (χ2n) is 6.66. The number of rotatable bonds is 9. The van der Waals surface area contributed by atoms with Crippen LogP contribution in [-0.2, 0) is 23.4 Å². The third-order valence-electron chi connectivity index (χ3n) is 5.33. The first-order chi connectivity index (χ1) is 11.4. The molecule has 1 aliphatic heterocycles. The lowest BCUT2D eigenvalue weighted by atomic mass is 9.93. The standard InChI is InChI=1S/C18H34O5Si/c1-8-12-24(22-7)13-10-11-15(18(24,20-5)21-6)16(9-2)23-17(19)14(3)4/h15-16H,3,8-13H2,1-2,4-7H3. The van der Waals surface area contributed by atoms with Crippen LogP contribution < -0.4 is 0 Å². The largest absolute Gasteiger partial charge is 0.459 e. The van der Waals surface area contributed by atoms with Crippen molar-refractivity contribution in [2.24, 2.45) is 5.92 Å². The van der Waals surface area contributed by atoms with Gasteiger partial charge in [-0.1, -0.05) is 33.3 Å². The van der Waals surface area contributed by atoms with Gasteiger partial charge in [-0.05, 0) is 31.9 Å². The van der Waals surface area contributed by atoms with Crippen molar-refractivity contribution < 1.29 is 23.4 Å². The van der Waals surface area contributed by atoms with Gasteiger partial charge in [0.05, 0.1) is 0 Å². The van der Waals surface area contributed by atoms with E-state index < -0.39 is 13.7 Å². The van der Waals surface area contributed by atoms with Crippen LogP contribution in [0.25, 0.3) is 0 Å². The molecule has 0 amide bonds. The Morgan fingerprint density at radius 2 is 1.92 bits per heavy atom. The molecule has 3 unspecified atom stereocenters. The van der Waals surface area contributed by atoms with Gasteiger partial charge in [-0.3, -0.25) is 0 Å². The highest BCUT2D eigenvalue weighted by molar-refractivity contribution is 6.76. The lowest BCUT2D eigenvalue weighted by Crippen LogP contribution is -2.70. The molecule has 1 saturated heterocycles. The lowest BCUT2D eigenvalue weighted by molar-refractivity contribution is -0.225. The van der Waals surface area contributed by atoms with Gasteiger partial charge in [0.2, 0.25) is 0 Å². The minimum absolute atomic E-state index is 0.0345. The molecule has 0 radical (unpaired) electrons. The molecular formula is C18H34O5Si. The fourth-order valence-electron chi connectivity index (χ4n) is 4.24. The number of ether oxygens (including phenoxy) is 3. The molecule has 24 heavy (non-hydrogen) atoms. The molecule has 0 bridgehead atoms. The van der Waals surface area contributed by atoms with Gasteiger partial charge in [0.15, 0.2) is 5.41 Å². The second kappa shape index (κ2) is 9.13. The van der Waals surface area contributed by atoms with Gasteiger partial charge in [-0.2, -0.15) is 0 Å². The third kappa shape index (κ3) is 3.77. The first-order valence-electron chi connectivity index (χ1n) is 8.89. The summed E-state index contributed by atoms with van der Waals surface area (Å²) in [5, 5.41) is 0. The molecular weight excluding hydrogens is 324 g/mol. The second-order valence-corrected chi connectivity index (χ2v) is 10.7. The van der Waals surface area contributed by atoms with E-state index in [0.717, 1.165) is 31.4 Å². The Labute approximate surface area is 147 Å². The third-order valence-corrected chi connectivity index (χ3v) is 10.6. The maximum absolute atomic E-state index is 12.1. The van der Waals surface area contributed by atoms with E-state index in [9.17, 15) is 4.79 Å². The van der Waals surface area contributed by atoms with E-state index in [-0.39, 0.29) is 18.0 Å². The fourth-order valence-corrected chi connectivity index (χ4v) is 9.21. The predicted molar refractivity (Wildman–Crippen MR) is 97.1 cm³/mol. The Morgan fingerprint density at radius 1 is 1.29 bits per heavy atom. The van der Waals surface area contributed by atoms with Gasteiger partial charge >= 0.3 is 5.97 Å². The summed E-state index contributed by atoms with van der Waals surface area (Å²) in [5.41, 5.74) is -0.389. The molecule has 0 aliphatic carbocycles. The summed E-state index contributed by atoms with van der Waals surface area (Å²) in [7, 11) is 2.83. The number of esters is 1. The van der Waals surface area contributed by atoms with E-state index >= 15 is 0 Å². The average Bonchev–Trinajstić information content (AvgIpc) is 2.59. The van der Waals surface area contributed by atoms with Gasteiger partial charge in [-0.25, -0.2) is 4.79 Å². The molecule has 3 atom stereocenters. The fraction of sp³-hybridized carbons (Fsp3) is 0.833. The van der Waals surface area contributed by atoms with E-state index in [0.29, 0.717) is 12.0 Å². The van der Waals surface area contributed by atoms with Crippen molar-refractivity contribution in [3.8, 4) is 0 Å². The number of carbonyl (C=O) groups excluding carboxylic acids is 1. The molecule has 0 saturated carbocycles. The zero-order valence-corrected chi connectivity index (χ0v) is 17.1. The maximum Gasteiger partial charge on any atom is 0.333 e. The van der Waals surface area contributed by atoms with Crippen molar-refractivity contribution in [3.05, 3.63) is 12.2 Å². The summed E-state index contributed by atoms with van der Waals surface area (Å²) in [6, 6.07) is 1.97. The SMILES string of the molecule is C=C(C)C(=O)OC(CC)C1CCC[Si](CCC)(OC)C1(OC)OC. The molecule has 1 fully saturated rings. The first kappa shape index (κ1) is 21.3. The predicted octanol–water partition coefficient (Wildman–Crippen LogP) is 3.82. The Balaban J connectivity index is 3.26. The van der Waals surface area contributed by atoms with Crippen LogP contribution in [-0.4, -0.2) is 47.1 Å². The molecule has 0 N–H and O–H groups in total. The quantitative estimate of drug-likeness (QED) is 0.271. The van der Waals surface area contributed by atoms with Gasteiger partial charge in [0.1, 0.15) is 6.10 Å². The number of carbonyl (C=O) groups is 1. The van der Waals surface area contributed by atoms with Crippen molar-refractivity contribution in [2.75, 3.05) is 21.3 Å². The van der Waals surface area contributed by atoms with Gasteiger partial charge in [0.25, 0.3) is 8.32 Å². The summed E-state index contributed by atoms with van der Waals surface area (Å²) in [5.74, 6) is -0.388. The zero-order chi connectivity index (χ0) is 18.4. The van der Waals surface area contributed by atoms with Crippen molar-refractivity contribution in [1.82, 2.24) is 0 Å². The summed E-state index contributed by atoms with van der Waals surface area (Å²) >= 11 is 0. The molecule has 5 nitrogen and oxygen atoms in total. The Hall–Kier alpha value is -0.693. The Kier molecular flexibility index (Phi) is 8.12. The summed E-state index contributed by atoms with van der Waals surface area (Å²) in [6.07, 6.45) is 3.39. The van der Waals surface area contributed by atoms with Crippen LogP contribution in [0.15, 0.2) is 12.2 Å². The van der Waals surface area contributed by atoms with Gasteiger partial charge < -0.3 is 18.6 Å².